The topological polar surface area (TPSA) is 66.4 Å². The van der Waals surface area contributed by atoms with Gasteiger partial charge >= 0.3 is 29.6 Å². The van der Waals surface area contributed by atoms with Crippen molar-refractivity contribution < 1.29 is 47.3 Å². The minimum Gasteiger partial charge on any atom is -0.748 e. The van der Waals surface area contributed by atoms with Crippen LogP contribution >= 0.6 is 0 Å². The standard InChI is InChI=1S/C19H32O4S.Na/c1-4-6-8-10-17-12-13-19(18(14-17)11-9-7-5-2)23-16(3)15-24(20,21)22;/h12-14,16H,4-11,15H2,1-3H3,(H,20,21,22);/q;+1/p-1. The Morgan fingerprint density at radius 2 is 1.64 bits per heavy atom. The molecule has 0 radical (unpaired) electrons. The largest absolute Gasteiger partial charge is 1.00 e. The van der Waals surface area contributed by atoms with Crippen LogP contribution in [0, 0.1) is 0 Å². The molecule has 0 aliphatic heterocycles. The maximum Gasteiger partial charge on any atom is 1.00 e. The van der Waals surface area contributed by atoms with E-state index in [2.05, 4.69) is 19.9 Å². The monoisotopic (exact) mass is 378 g/mol. The average Bonchev–Trinajstić information content (AvgIpc) is 2.48. The molecule has 0 saturated heterocycles. The third-order valence-electron chi connectivity index (χ3n) is 4.01. The summed E-state index contributed by atoms with van der Waals surface area (Å²) in [5, 5.41) is 0. The Morgan fingerprint density at radius 1 is 1.04 bits per heavy atom. The minimum atomic E-state index is -4.28. The number of hydrogen-bond donors (Lipinski definition) is 0. The summed E-state index contributed by atoms with van der Waals surface area (Å²) in [6.07, 6.45) is 8.33. The summed E-state index contributed by atoms with van der Waals surface area (Å²) in [7, 11) is -4.28. The Balaban J connectivity index is 0.00000576. The molecule has 1 aromatic carbocycles. The van der Waals surface area contributed by atoms with Crippen molar-refractivity contribution in [2.75, 3.05) is 5.75 Å². The van der Waals surface area contributed by atoms with Crippen LogP contribution in [0.2, 0.25) is 0 Å². The molecular weight excluding hydrogens is 347 g/mol. The number of unbranched alkanes of at least 4 members (excludes halogenated alkanes) is 4. The number of aryl methyl sites for hydroxylation is 2. The third kappa shape index (κ3) is 11.3. The predicted octanol–water partition coefficient (Wildman–Crippen LogP) is 1.47. The molecule has 6 heteroatoms. The first-order valence-electron chi connectivity index (χ1n) is 9.07. The number of rotatable bonds is 12. The van der Waals surface area contributed by atoms with Gasteiger partial charge in [-0.25, -0.2) is 8.42 Å². The van der Waals surface area contributed by atoms with Gasteiger partial charge in [-0.2, -0.15) is 0 Å². The molecule has 4 nitrogen and oxygen atoms in total. The Morgan fingerprint density at radius 3 is 2.20 bits per heavy atom. The minimum absolute atomic E-state index is 0. The van der Waals surface area contributed by atoms with E-state index in [1.807, 2.05) is 12.1 Å². The molecule has 0 aliphatic carbocycles. The Bertz CT molecular complexity index is 587. The molecule has 1 aromatic rings. The van der Waals surface area contributed by atoms with Crippen molar-refractivity contribution in [1.82, 2.24) is 0 Å². The van der Waals surface area contributed by atoms with Crippen molar-refractivity contribution in [1.29, 1.82) is 0 Å². The van der Waals surface area contributed by atoms with E-state index in [1.54, 1.807) is 6.92 Å². The van der Waals surface area contributed by atoms with E-state index in [0.717, 1.165) is 37.7 Å². The van der Waals surface area contributed by atoms with Crippen LogP contribution in [0.5, 0.6) is 5.75 Å². The molecule has 0 bridgehead atoms. The van der Waals surface area contributed by atoms with Gasteiger partial charge in [0.2, 0.25) is 0 Å². The van der Waals surface area contributed by atoms with E-state index in [9.17, 15) is 13.0 Å². The number of benzene rings is 1. The maximum atomic E-state index is 10.9. The first-order chi connectivity index (χ1) is 11.4. The van der Waals surface area contributed by atoms with Crippen LogP contribution < -0.4 is 34.3 Å². The average molecular weight is 379 g/mol. The Hall–Kier alpha value is -0.0700. The molecule has 0 amide bonds. The predicted molar refractivity (Wildman–Crippen MR) is 97.6 cm³/mol. The van der Waals surface area contributed by atoms with Crippen LogP contribution in [-0.2, 0) is 23.0 Å². The third-order valence-corrected chi connectivity index (χ3v) is 4.89. The molecular formula is C19H31NaO4S. The van der Waals surface area contributed by atoms with Gasteiger partial charge in [0.1, 0.15) is 11.9 Å². The first kappa shape index (κ1) is 24.9. The van der Waals surface area contributed by atoms with E-state index in [1.165, 1.54) is 24.8 Å². The molecule has 0 fully saturated rings. The van der Waals surface area contributed by atoms with E-state index >= 15 is 0 Å². The fourth-order valence-corrected chi connectivity index (χ4v) is 3.42. The van der Waals surface area contributed by atoms with Crippen LogP contribution in [-0.4, -0.2) is 24.8 Å². The summed E-state index contributed by atoms with van der Waals surface area (Å²) < 4.78 is 38.4. The van der Waals surface area contributed by atoms with Gasteiger partial charge in [0.05, 0.1) is 15.9 Å². The zero-order chi connectivity index (χ0) is 18.0. The molecule has 0 heterocycles. The molecule has 1 unspecified atom stereocenters. The van der Waals surface area contributed by atoms with Crippen LogP contribution in [0.25, 0.3) is 0 Å². The smallest absolute Gasteiger partial charge is 0.748 e. The van der Waals surface area contributed by atoms with Gasteiger partial charge in [-0.1, -0.05) is 51.7 Å². The SMILES string of the molecule is CCCCCc1ccc(OC(C)CS(=O)(=O)[O-])c(CCCCC)c1.[Na+]. The van der Waals surface area contributed by atoms with Gasteiger partial charge < -0.3 is 9.29 Å². The quantitative estimate of drug-likeness (QED) is 0.314. The molecule has 0 saturated carbocycles. The van der Waals surface area contributed by atoms with Gasteiger partial charge in [-0.3, -0.25) is 0 Å². The maximum absolute atomic E-state index is 10.9. The molecule has 0 aliphatic rings. The zero-order valence-electron chi connectivity index (χ0n) is 16.2. The normalized spacial score (nSPS) is 12.5. The molecule has 0 N–H and O–H groups in total. The van der Waals surface area contributed by atoms with Gasteiger partial charge in [0.25, 0.3) is 0 Å². The zero-order valence-corrected chi connectivity index (χ0v) is 19.0. The first-order valence-corrected chi connectivity index (χ1v) is 10.7. The number of ether oxygens (including phenoxy) is 1. The van der Waals surface area contributed by atoms with Crippen LogP contribution in [0.3, 0.4) is 0 Å². The molecule has 0 aromatic heterocycles. The fraction of sp³-hybridized carbons (Fsp3) is 0.684. The second kappa shape index (κ2) is 13.2. The molecule has 138 valence electrons. The van der Waals surface area contributed by atoms with E-state index < -0.39 is 22.0 Å². The van der Waals surface area contributed by atoms with Crippen molar-refractivity contribution in [3.05, 3.63) is 29.3 Å². The molecule has 25 heavy (non-hydrogen) atoms. The van der Waals surface area contributed by atoms with Gasteiger partial charge in [-0.05, 0) is 49.8 Å². The summed E-state index contributed by atoms with van der Waals surface area (Å²) in [5.74, 6) is 0.209. The molecule has 1 rings (SSSR count). The molecule has 1 atom stereocenters. The second-order valence-electron chi connectivity index (χ2n) is 6.51. The Kier molecular flexibility index (Phi) is 13.1. The fourth-order valence-electron chi connectivity index (χ4n) is 2.78. The summed E-state index contributed by atoms with van der Waals surface area (Å²) in [4.78, 5) is 0. The summed E-state index contributed by atoms with van der Waals surface area (Å²) >= 11 is 0. The number of hydrogen-bond acceptors (Lipinski definition) is 4. The van der Waals surface area contributed by atoms with Crippen molar-refractivity contribution in [3.8, 4) is 5.75 Å². The van der Waals surface area contributed by atoms with Crippen molar-refractivity contribution in [2.24, 2.45) is 0 Å². The van der Waals surface area contributed by atoms with E-state index in [4.69, 9.17) is 4.74 Å². The van der Waals surface area contributed by atoms with E-state index in [0.29, 0.717) is 5.75 Å². The summed E-state index contributed by atoms with van der Waals surface area (Å²) in [6, 6.07) is 6.16. The van der Waals surface area contributed by atoms with E-state index in [-0.39, 0.29) is 29.6 Å². The summed E-state index contributed by atoms with van der Waals surface area (Å²) in [5.41, 5.74) is 2.42. The van der Waals surface area contributed by atoms with Crippen molar-refractivity contribution in [2.45, 2.75) is 78.2 Å². The van der Waals surface area contributed by atoms with Crippen LogP contribution in [0.15, 0.2) is 18.2 Å². The van der Waals surface area contributed by atoms with Crippen molar-refractivity contribution in [3.63, 3.8) is 0 Å². The Labute approximate surface area is 175 Å². The van der Waals surface area contributed by atoms with Gasteiger partial charge in [-0.15, -0.1) is 0 Å². The second-order valence-corrected chi connectivity index (χ2v) is 7.96. The van der Waals surface area contributed by atoms with Crippen molar-refractivity contribution >= 4 is 10.1 Å². The van der Waals surface area contributed by atoms with Crippen LogP contribution in [0.1, 0.15) is 70.4 Å². The van der Waals surface area contributed by atoms with Gasteiger partial charge in [0, 0.05) is 0 Å². The molecule has 0 spiro atoms. The summed E-state index contributed by atoms with van der Waals surface area (Å²) in [6.45, 7) is 5.98. The van der Waals surface area contributed by atoms with Gasteiger partial charge in [0.15, 0.2) is 0 Å². The van der Waals surface area contributed by atoms with Crippen LogP contribution in [0.4, 0.5) is 0 Å².